The standard InChI is InChI=1S/C11H16FN5/c1-2-7-17(11(15)16-10(13)14)9-5-3-8(12)4-6-9/h3-6H,2,7H2,1H3,(H5,13,14,15,16). The predicted octanol–water partition coefficient (Wildman–Crippen LogP) is 1.25. The van der Waals surface area contributed by atoms with Crippen molar-refractivity contribution < 1.29 is 4.39 Å². The van der Waals surface area contributed by atoms with E-state index in [0.717, 1.165) is 6.42 Å². The van der Waals surface area contributed by atoms with Gasteiger partial charge in [-0.25, -0.2) is 4.39 Å². The molecule has 0 aliphatic rings. The Morgan fingerprint density at radius 1 is 1.35 bits per heavy atom. The van der Waals surface area contributed by atoms with E-state index in [9.17, 15) is 4.39 Å². The molecule has 0 bridgehead atoms. The fourth-order valence-electron chi connectivity index (χ4n) is 1.38. The molecule has 1 rings (SSSR count). The van der Waals surface area contributed by atoms with E-state index in [1.807, 2.05) is 6.92 Å². The molecule has 0 aliphatic carbocycles. The van der Waals surface area contributed by atoms with Crippen molar-refractivity contribution in [3.05, 3.63) is 30.1 Å². The highest BCUT2D eigenvalue weighted by Crippen LogP contribution is 2.15. The van der Waals surface area contributed by atoms with Crippen LogP contribution in [0.1, 0.15) is 13.3 Å². The van der Waals surface area contributed by atoms with Gasteiger partial charge < -0.3 is 16.4 Å². The molecule has 0 amide bonds. The van der Waals surface area contributed by atoms with E-state index in [-0.39, 0.29) is 17.7 Å². The van der Waals surface area contributed by atoms with Crippen molar-refractivity contribution in [1.82, 2.24) is 0 Å². The normalized spacial score (nSPS) is 9.76. The number of halogens is 1. The van der Waals surface area contributed by atoms with Crippen LogP contribution in [-0.2, 0) is 0 Å². The van der Waals surface area contributed by atoms with Crippen LogP contribution in [0.5, 0.6) is 0 Å². The van der Waals surface area contributed by atoms with E-state index >= 15 is 0 Å². The van der Waals surface area contributed by atoms with Gasteiger partial charge in [0, 0.05) is 12.2 Å². The lowest BCUT2D eigenvalue weighted by molar-refractivity contribution is 0.627. The molecule has 17 heavy (non-hydrogen) atoms. The van der Waals surface area contributed by atoms with E-state index in [4.69, 9.17) is 16.9 Å². The number of nitrogens with zero attached hydrogens (tertiary/aromatic N) is 2. The Morgan fingerprint density at radius 2 is 1.94 bits per heavy atom. The van der Waals surface area contributed by atoms with Crippen LogP contribution >= 0.6 is 0 Å². The number of guanidine groups is 2. The second kappa shape index (κ2) is 5.83. The maximum Gasteiger partial charge on any atom is 0.225 e. The van der Waals surface area contributed by atoms with E-state index in [2.05, 4.69) is 4.99 Å². The molecule has 0 fully saturated rings. The number of nitrogens with one attached hydrogen (secondary N) is 1. The molecule has 0 atom stereocenters. The van der Waals surface area contributed by atoms with Crippen molar-refractivity contribution in [2.45, 2.75) is 13.3 Å². The summed E-state index contributed by atoms with van der Waals surface area (Å²) in [7, 11) is 0. The molecular weight excluding hydrogens is 221 g/mol. The number of benzene rings is 1. The van der Waals surface area contributed by atoms with Gasteiger partial charge in [-0.15, -0.1) is 0 Å². The van der Waals surface area contributed by atoms with Gasteiger partial charge in [0.25, 0.3) is 0 Å². The lowest BCUT2D eigenvalue weighted by Gasteiger charge is -2.22. The van der Waals surface area contributed by atoms with E-state index in [0.29, 0.717) is 12.2 Å². The average molecular weight is 237 g/mol. The molecule has 0 spiro atoms. The molecule has 0 heterocycles. The van der Waals surface area contributed by atoms with Crippen molar-refractivity contribution in [1.29, 1.82) is 5.41 Å². The zero-order chi connectivity index (χ0) is 12.8. The topological polar surface area (TPSA) is 91.5 Å². The van der Waals surface area contributed by atoms with Crippen LogP contribution in [0.4, 0.5) is 10.1 Å². The molecule has 0 aliphatic heterocycles. The number of anilines is 1. The second-order valence-corrected chi connectivity index (χ2v) is 3.49. The van der Waals surface area contributed by atoms with Gasteiger partial charge in [0.2, 0.25) is 5.96 Å². The lowest BCUT2D eigenvalue weighted by atomic mass is 10.2. The SMILES string of the molecule is CCCN(C(=N)N=C(N)N)c1ccc(F)cc1. The van der Waals surface area contributed by atoms with Gasteiger partial charge in [-0.1, -0.05) is 6.92 Å². The van der Waals surface area contributed by atoms with Crippen LogP contribution in [0.15, 0.2) is 29.3 Å². The van der Waals surface area contributed by atoms with Gasteiger partial charge in [-0.05, 0) is 30.7 Å². The highest BCUT2D eigenvalue weighted by molar-refractivity contribution is 6.01. The number of rotatable bonds is 3. The molecule has 5 N–H and O–H groups in total. The number of hydrogen-bond donors (Lipinski definition) is 3. The van der Waals surface area contributed by atoms with Gasteiger partial charge in [-0.2, -0.15) is 4.99 Å². The minimum Gasteiger partial charge on any atom is -0.370 e. The summed E-state index contributed by atoms with van der Waals surface area (Å²) in [6.45, 7) is 2.56. The van der Waals surface area contributed by atoms with Gasteiger partial charge in [-0.3, -0.25) is 5.41 Å². The summed E-state index contributed by atoms with van der Waals surface area (Å²) >= 11 is 0. The second-order valence-electron chi connectivity index (χ2n) is 3.49. The zero-order valence-corrected chi connectivity index (χ0v) is 9.65. The third-order valence-electron chi connectivity index (χ3n) is 2.08. The van der Waals surface area contributed by atoms with Crippen LogP contribution in [0.3, 0.4) is 0 Å². The van der Waals surface area contributed by atoms with Gasteiger partial charge >= 0.3 is 0 Å². The fourth-order valence-corrected chi connectivity index (χ4v) is 1.38. The fraction of sp³-hybridized carbons (Fsp3) is 0.273. The Hall–Kier alpha value is -2.11. The Labute approximate surface area is 99.4 Å². The van der Waals surface area contributed by atoms with Gasteiger partial charge in [0.15, 0.2) is 5.96 Å². The molecule has 0 aromatic heterocycles. The summed E-state index contributed by atoms with van der Waals surface area (Å²) in [5.74, 6) is -0.546. The summed E-state index contributed by atoms with van der Waals surface area (Å²) in [5.41, 5.74) is 11.1. The Balaban J connectivity index is 2.96. The monoisotopic (exact) mass is 237 g/mol. The van der Waals surface area contributed by atoms with Gasteiger partial charge in [0.05, 0.1) is 0 Å². The number of aliphatic imine (C=N–C) groups is 1. The van der Waals surface area contributed by atoms with Crippen LogP contribution in [0, 0.1) is 11.2 Å². The molecule has 0 radical (unpaired) electrons. The van der Waals surface area contributed by atoms with Crippen molar-refractivity contribution in [2.75, 3.05) is 11.4 Å². The number of nitrogens with two attached hydrogens (primary N) is 2. The molecule has 0 saturated carbocycles. The molecule has 0 saturated heterocycles. The Bertz CT molecular complexity index is 408. The largest absolute Gasteiger partial charge is 0.370 e. The third-order valence-corrected chi connectivity index (χ3v) is 2.08. The summed E-state index contributed by atoms with van der Waals surface area (Å²) in [5, 5.41) is 7.76. The van der Waals surface area contributed by atoms with Crippen molar-refractivity contribution in [3.8, 4) is 0 Å². The van der Waals surface area contributed by atoms with Crippen molar-refractivity contribution >= 4 is 17.6 Å². The molecule has 0 unspecified atom stereocenters. The van der Waals surface area contributed by atoms with Crippen LogP contribution in [0.25, 0.3) is 0 Å². The van der Waals surface area contributed by atoms with Crippen molar-refractivity contribution in [3.63, 3.8) is 0 Å². The predicted molar refractivity (Wildman–Crippen MR) is 67.6 cm³/mol. The summed E-state index contributed by atoms with van der Waals surface area (Å²) in [4.78, 5) is 5.29. The maximum atomic E-state index is 12.8. The molecule has 1 aromatic carbocycles. The third kappa shape index (κ3) is 3.75. The van der Waals surface area contributed by atoms with Gasteiger partial charge in [0.1, 0.15) is 5.82 Å². The highest BCUT2D eigenvalue weighted by atomic mass is 19.1. The zero-order valence-electron chi connectivity index (χ0n) is 9.65. The smallest absolute Gasteiger partial charge is 0.225 e. The Kier molecular flexibility index (Phi) is 4.45. The van der Waals surface area contributed by atoms with E-state index in [1.54, 1.807) is 17.0 Å². The molecule has 92 valence electrons. The first-order valence-corrected chi connectivity index (χ1v) is 5.26. The average Bonchev–Trinajstić information content (AvgIpc) is 2.26. The first kappa shape index (κ1) is 13.0. The first-order valence-electron chi connectivity index (χ1n) is 5.26. The minimum atomic E-state index is -0.321. The lowest BCUT2D eigenvalue weighted by Crippen LogP contribution is -2.33. The minimum absolute atomic E-state index is 0.0570. The van der Waals surface area contributed by atoms with Crippen LogP contribution < -0.4 is 16.4 Å². The summed E-state index contributed by atoms with van der Waals surface area (Å²) in [6, 6.07) is 5.84. The Morgan fingerprint density at radius 3 is 2.41 bits per heavy atom. The van der Waals surface area contributed by atoms with Crippen LogP contribution in [-0.4, -0.2) is 18.5 Å². The van der Waals surface area contributed by atoms with E-state index in [1.165, 1.54) is 12.1 Å². The quantitative estimate of drug-likeness (QED) is 0.545. The maximum absolute atomic E-state index is 12.8. The number of hydrogen-bond acceptors (Lipinski definition) is 1. The highest BCUT2D eigenvalue weighted by Gasteiger charge is 2.10. The molecule has 5 nitrogen and oxygen atoms in total. The van der Waals surface area contributed by atoms with Crippen molar-refractivity contribution in [2.24, 2.45) is 16.5 Å². The molecule has 1 aromatic rings. The molecular formula is C11H16FN5. The first-order chi connectivity index (χ1) is 8.04. The summed E-state index contributed by atoms with van der Waals surface area (Å²) < 4.78 is 12.8. The summed E-state index contributed by atoms with van der Waals surface area (Å²) in [6.07, 6.45) is 0.819. The van der Waals surface area contributed by atoms with E-state index < -0.39 is 0 Å². The van der Waals surface area contributed by atoms with Crippen LogP contribution in [0.2, 0.25) is 0 Å². The molecule has 6 heteroatoms.